The van der Waals surface area contributed by atoms with E-state index in [1.165, 1.54) is 31.5 Å². The summed E-state index contributed by atoms with van der Waals surface area (Å²) in [7, 11) is 1.49. The highest BCUT2D eigenvalue weighted by Gasteiger charge is 2.14. The fourth-order valence-corrected chi connectivity index (χ4v) is 1.63. The molecule has 4 N–H and O–H groups in total. The molecule has 1 amide bonds. The average molecular weight is 276 g/mol. The number of amides is 1. The number of halogens is 1. The van der Waals surface area contributed by atoms with E-state index in [-0.39, 0.29) is 11.3 Å². The summed E-state index contributed by atoms with van der Waals surface area (Å²) in [6.07, 6.45) is 1.44. The van der Waals surface area contributed by atoms with Crippen molar-refractivity contribution in [3.8, 4) is 5.88 Å². The van der Waals surface area contributed by atoms with Gasteiger partial charge in [-0.1, -0.05) is 6.07 Å². The Kier molecular flexibility index (Phi) is 4.11. The summed E-state index contributed by atoms with van der Waals surface area (Å²) < 4.78 is 18.4. The standard InChI is InChI=1S/C13H13FN4O2/c1-20-11-6-5-8(7-16-11)17-13(19)9-3-2-4-10(14)12(9)18-15/h2-7,18H,15H2,1H3,(H,17,19). The number of methoxy groups -OCH3 is 1. The van der Waals surface area contributed by atoms with E-state index < -0.39 is 11.7 Å². The minimum atomic E-state index is -0.604. The van der Waals surface area contributed by atoms with Gasteiger partial charge in [-0.05, 0) is 18.2 Å². The molecule has 104 valence electrons. The monoisotopic (exact) mass is 276 g/mol. The van der Waals surface area contributed by atoms with Gasteiger partial charge in [-0.2, -0.15) is 0 Å². The number of anilines is 2. The molecule has 0 aliphatic carbocycles. The number of nitrogen functional groups attached to an aromatic ring is 1. The van der Waals surface area contributed by atoms with Gasteiger partial charge in [0.15, 0.2) is 0 Å². The minimum absolute atomic E-state index is 0.0635. The number of aromatic nitrogens is 1. The number of nitrogens with two attached hydrogens (primary N) is 1. The number of ether oxygens (including phenoxy) is 1. The summed E-state index contributed by atoms with van der Waals surface area (Å²) in [5.41, 5.74) is 2.68. The molecule has 0 saturated heterocycles. The Balaban J connectivity index is 2.21. The predicted molar refractivity (Wildman–Crippen MR) is 73.0 cm³/mol. The van der Waals surface area contributed by atoms with Crippen molar-refractivity contribution in [1.29, 1.82) is 0 Å². The van der Waals surface area contributed by atoms with Crippen LogP contribution in [0.25, 0.3) is 0 Å². The lowest BCUT2D eigenvalue weighted by Crippen LogP contribution is -2.18. The summed E-state index contributed by atoms with van der Waals surface area (Å²) in [6.45, 7) is 0. The van der Waals surface area contributed by atoms with Gasteiger partial charge in [0.2, 0.25) is 5.88 Å². The van der Waals surface area contributed by atoms with E-state index in [9.17, 15) is 9.18 Å². The first-order chi connectivity index (χ1) is 9.65. The van der Waals surface area contributed by atoms with E-state index in [1.54, 1.807) is 12.1 Å². The number of benzene rings is 1. The van der Waals surface area contributed by atoms with E-state index in [0.717, 1.165) is 0 Å². The van der Waals surface area contributed by atoms with Crippen LogP contribution in [0.3, 0.4) is 0 Å². The average Bonchev–Trinajstić information content (AvgIpc) is 2.47. The number of hydrogen-bond donors (Lipinski definition) is 3. The van der Waals surface area contributed by atoms with Gasteiger partial charge in [0, 0.05) is 6.07 Å². The van der Waals surface area contributed by atoms with Crippen LogP contribution in [0.15, 0.2) is 36.5 Å². The van der Waals surface area contributed by atoms with Crippen LogP contribution in [0.4, 0.5) is 15.8 Å². The van der Waals surface area contributed by atoms with Crippen LogP contribution in [0, 0.1) is 5.82 Å². The second kappa shape index (κ2) is 5.98. The zero-order chi connectivity index (χ0) is 14.5. The van der Waals surface area contributed by atoms with Crippen molar-refractivity contribution in [3.05, 3.63) is 47.9 Å². The van der Waals surface area contributed by atoms with Crippen molar-refractivity contribution in [2.75, 3.05) is 17.9 Å². The van der Waals surface area contributed by atoms with Gasteiger partial charge in [0.05, 0.1) is 30.2 Å². The predicted octanol–water partition coefficient (Wildman–Crippen LogP) is 1.77. The first-order valence-corrected chi connectivity index (χ1v) is 5.72. The van der Waals surface area contributed by atoms with Crippen LogP contribution < -0.4 is 21.3 Å². The Morgan fingerprint density at radius 1 is 1.35 bits per heavy atom. The minimum Gasteiger partial charge on any atom is -0.481 e. The largest absolute Gasteiger partial charge is 0.481 e. The number of nitrogens with one attached hydrogen (secondary N) is 2. The molecule has 2 rings (SSSR count). The normalized spacial score (nSPS) is 9.95. The maximum absolute atomic E-state index is 13.5. The van der Waals surface area contributed by atoms with E-state index in [4.69, 9.17) is 10.6 Å². The first-order valence-electron chi connectivity index (χ1n) is 5.72. The number of pyridine rings is 1. The lowest BCUT2D eigenvalue weighted by atomic mass is 10.1. The lowest BCUT2D eigenvalue weighted by Gasteiger charge is -2.10. The maximum atomic E-state index is 13.5. The van der Waals surface area contributed by atoms with Gasteiger partial charge in [-0.15, -0.1) is 0 Å². The third kappa shape index (κ3) is 2.83. The molecule has 0 unspecified atom stereocenters. The Bertz CT molecular complexity index is 616. The van der Waals surface area contributed by atoms with E-state index >= 15 is 0 Å². The van der Waals surface area contributed by atoms with E-state index in [1.807, 2.05) is 0 Å². The van der Waals surface area contributed by atoms with Crippen molar-refractivity contribution in [1.82, 2.24) is 4.98 Å². The Hall–Kier alpha value is -2.67. The second-order valence-corrected chi connectivity index (χ2v) is 3.85. The molecule has 0 bridgehead atoms. The SMILES string of the molecule is COc1ccc(NC(=O)c2cccc(F)c2NN)cn1. The third-order valence-corrected chi connectivity index (χ3v) is 2.61. The van der Waals surface area contributed by atoms with Crippen molar-refractivity contribution < 1.29 is 13.9 Å². The molecule has 0 aliphatic rings. The quantitative estimate of drug-likeness (QED) is 0.585. The van der Waals surface area contributed by atoms with Gasteiger partial charge >= 0.3 is 0 Å². The number of rotatable bonds is 4. The number of nitrogens with zero attached hydrogens (tertiary/aromatic N) is 1. The molecular formula is C13H13FN4O2. The van der Waals surface area contributed by atoms with Crippen molar-refractivity contribution in [2.45, 2.75) is 0 Å². The number of carbonyl (C=O) groups excluding carboxylic acids is 1. The molecule has 0 saturated carbocycles. The summed E-state index contributed by atoms with van der Waals surface area (Å²) in [5.74, 6) is 4.55. The van der Waals surface area contributed by atoms with E-state index in [0.29, 0.717) is 11.6 Å². The van der Waals surface area contributed by atoms with Crippen molar-refractivity contribution in [3.63, 3.8) is 0 Å². The highest BCUT2D eigenvalue weighted by molar-refractivity contribution is 6.08. The van der Waals surface area contributed by atoms with Crippen LogP contribution in [0.1, 0.15) is 10.4 Å². The smallest absolute Gasteiger partial charge is 0.257 e. The Morgan fingerprint density at radius 2 is 2.15 bits per heavy atom. The van der Waals surface area contributed by atoms with Gasteiger partial charge in [-0.3, -0.25) is 10.6 Å². The van der Waals surface area contributed by atoms with Crippen LogP contribution in [0.5, 0.6) is 5.88 Å². The molecule has 0 aliphatic heterocycles. The fraction of sp³-hybridized carbons (Fsp3) is 0.0769. The van der Waals surface area contributed by atoms with Gasteiger partial charge in [0.1, 0.15) is 5.82 Å². The summed E-state index contributed by atoms with van der Waals surface area (Å²) in [5, 5.41) is 2.59. The molecular weight excluding hydrogens is 263 g/mol. The summed E-state index contributed by atoms with van der Waals surface area (Å²) >= 11 is 0. The molecule has 1 heterocycles. The van der Waals surface area contributed by atoms with Gasteiger partial charge in [-0.25, -0.2) is 9.37 Å². The summed E-state index contributed by atoms with van der Waals surface area (Å²) in [4.78, 5) is 16.0. The van der Waals surface area contributed by atoms with Crippen LogP contribution in [-0.4, -0.2) is 18.0 Å². The summed E-state index contributed by atoms with van der Waals surface area (Å²) in [6, 6.07) is 7.32. The first kappa shape index (κ1) is 13.8. The topological polar surface area (TPSA) is 89.3 Å². The molecule has 0 atom stereocenters. The second-order valence-electron chi connectivity index (χ2n) is 3.85. The zero-order valence-electron chi connectivity index (χ0n) is 10.7. The highest BCUT2D eigenvalue weighted by Crippen LogP contribution is 2.20. The lowest BCUT2D eigenvalue weighted by molar-refractivity contribution is 0.102. The number of hydrazine groups is 1. The van der Waals surface area contributed by atoms with E-state index in [2.05, 4.69) is 15.7 Å². The molecule has 2 aromatic rings. The Morgan fingerprint density at radius 3 is 2.75 bits per heavy atom. The van der Waals surface area contributed by atoms with Crippen molar-refractivity contribution >= 4 is 17.3 Å². The molecule has 0 radical (unpaired) electrons. The molecule has 20 heavy (non-hydrogen) atoms. The fourth-order valence-electron chi connectivity index (χ4n) is 1.63. The van der Waals surface area contributed by atoms with Crippen LogP contribution in [0.2, 0.25) is 0 Å². The third-order valence-electron chi connectivity index (χ3n) is 2.61. The maximum Gasteiger partial charge on any atom is 0.257 e. The molecule has 6 nitrogen and oxygen atoms in total. The zero-order valence-corrected chi connectivity index (χ0v) is 10.7. The molecule has 1 aromatic heterocycles. The van der Waals surface area contributed by atoms with Crippen LogP contribution in [-0.2, 0) is 0 Å². The van der Waals surface area contributed by atoms with Gasteiger partial charge < -0.3 is 15.5 Å². The molecule has 7 heteroatoms. The van der Waals surface area contributed by atoms with Gasteiger partial charge in [0.25, 0.3) is 5.91 Å². The number of carbonyl (C=O) groups is 1. The molecule has 0 fully saturated rings. The van der Waals surface area contributed by atoms with Crippen LogP contribution >= 0.6 is 0 Å². The molecule has 1 aromatic carbocycles. The molecule has 0 spiro atoms. The highest BCUT2D eigenvalue weighted by atomic mass is 19.1. The van der Waals surface area contributed by atoms with Crippen molar-refractivity contribution in [2.24, 2.45) is 5.84 Å². The number of hydrogen-bond acceptors (Lipinski definition) is 5. The number of para-hydroxylation sites is 1. The Labute approximate surface area is 114 Å².